The number of rotatable bonds is 7. The van der Waals surface area contributed by atoms with Crippen LogP contribution in [0.3, 0.4) is 0 Å². The molecule has 0 radical (unpaired) electrons. The molecule has 0 saturated carbocycles. The second-order valence-corrected chi connectivity index (χ2v) is 6.60. The number of halogens is 1. The van der Waals surface area contributed by atoms with Gasteiger partial charge >= 0.3 is 0 Å². The maximum absolute atomic E-state index is 13.1. The number of carbonyl (C=O) groups excluding carboxylic acids is 1. The van der Waals surface area contributed by atoms with Gasteiger partial charge in [-0.3, -0.25) is 4.79 Å². The van der Waals surface area contributed by atoms with E-state index in [1.165, 1.54) is 31.0 Å². The van der Waals surface area contributed by atoms with E-state index in [0.29, 0.717) is 28.0 Å². The van der Waals surface area contributed by atoms with E-state index in [2.05, 4.69) is 10.2 Å². The van der Waals surface area contributed by atoms with Crippen LogP contribution >= 0.6 is 11.8 Å². The van der Waals surface area contributed by atoms with Crippen LogP contribution in [0.2, 0.25) is 0 Å². The molecule has 0 amide bonds. The van der Waals surface area contributed by atoms with Crippen LogP contribution in [0.4, 0.5) is 4.39 Å². The normalized spacial score (nSPS) is 10.7. The van der Waals surface area contributed by atoms with Crippen molar-refractivity contribution in [2.45, 2.75) is 5.16 Å². The molecule has 0 fully saturated rings. The Hall–Kier alpha value is -2.87. The van der Waals surface area contributed by atoms with Gasteiger partial charge in [0.2, 0.25) is 0 Å². The Kier molecular flexibility index (Phi) is 5.75. The lowest BCUT2D eigenvalue weighted by atomic mass is 10.1. The van der Waals surface area contributed by atoms with Gasteiger partial charge in [-0.15, -0.1) is 10.2 Å². The van der Waals surface area contributed by atoms with E-state index in [4.69, 9.17) is 9.47 Å². The quantitative estimate of drug-likeness (QED) is 0.456. The molecule has 2 aromatic carbocycles. The van der Waals surface area contributed by atoms with Gasteiger partial charge in [0.15, 0.2) is 28.3 Å². The number of hydrogen-bond donors (Lipinski definition) is 0. The summed E-state index contributed by atoms with van der Waals surface area (Å²) in [4.78, 5) is 12.5. The van der Waals surface area contributed by atoms with Crippen molar-refractivity contribution in [1.29, 1.82) is 0 Å². The molecule has 1 heterocycles. The highest BCUT2D eigenvalue weighted by Crippen LogP contribution is 2.29. The Balaban J connectivity index is 1.72. The van der Waals surface area contributed by atoms with Crippen molar-refractivity contribution in [3.05, 3.63) is 53.8 Å². The van der Waals surface area contributed by atoms with Crippen LogP contribution in [0, 0.1) is 5.82 Å². The average Bonchev–Trinajstić information content (AvgIpc) is 3.06. The molecule has 27 heavy (non-hydrogen) atoms. The molecule has 6 nitrogen and oxygen atoms in total. The Labute approximate surface area is 160 Å². The van der Waals surface area contributed by atoms with Crippen LogP contribution in [0.1, 0.15) is 10.4 Å². The fourth-order valence-electron chi connectivity index (χ4n) is 2.51. The third-order valence-corrected chi connectivity index (χ3v) is 5.00. The molecule has 3 aromatic rings. The van der Waals surface area contributed by atoms with Crippen molar-refractivity contribution in [3.63, 3.8) is 0 Å². The first kappa shape index (κ1) is 18.9. The minimum absolute atomic E-state index is 0.0627. The average molecular weight is 387 g/mol. The zero-order chi connectivity index (χ0) is 19.4. The van der Waals surface area contributed by atoms with E-state index < -0.39 is 0 Å². The minimum Gasteiger partial charge on any atom is -0.493 e. The number of ether oxygens (including phenoxy) is 2. The van der Waals surface area contributed by atoms with Crippen molar-refractivity contribution in [3.8, 4) is 22.9 Å². The minimum atomic E-state index is -0.309. The first-order valence-electron chi connectivity index (χ1n) is 8.07. The largest absolute Gasteiger partial charge is 0.493 e. The Morgan fingerprint density at radius 2 is 1.78 bits per heavy atom. The first-order chi connectivity index (χ1) is 13.0. The molecule has 0 spiro atoms. The summed E-state index contributed by atoms with van der Waals surface area (Å²) in [6, 6.07) is 11.1. The Morgan fingerprint density at radius 1 is 1.07 bits per heavy atom. The molecule has 0 atom stereocenters. The van der Waals surface area contributed by atoms with Gasteiger partial charge in [0.1, 0.15) is 5.82 Å². The van der Waals surface area contributed by atoms with Gasteiger partial charge in [0, 0.05) is 18.2 Å². The molecule has 3 rings (SSSR count). The summed E-state index contributed by atoms with van der Waals surface area (Å²) in [5.74, 6) is 1.51. The molecule has 0 saturated heterocycles. The van der Waals surface area contributed by atoms with Crippen molar-refractivity contribution in [1.82, 2.24) is 14.8 Å². The maximum atomic E-state index is 13.1. The third-order valence-electron chi connectivity index (χ3n) is 3.98. The molecule has 0 N–H and O–H groups in total. The number of thioether (sulfide) groups is 1. The van der Waals surface area contributed by atoms with Crippen LogP contribution in [0.25, 0.3) is 11.4 Å². The van der Waals surface area contributed by atoms with E-state index in [1.54, 1.807) is 42.0 Å². The highest BCUT2D eigenvalue weighted by atomic mass is 32.2. The second kappa shape index (κ2) is 8.22. The number of benzene rings is 2. The smallest absolute Gasteiger partial charge is 0.191 e. The fraction of sp³-hybridized carbons (Fsp3) is 0.211. The predicted molar refractivity (Wildman–Crippen MR) is 101 cm³/mol. The third kappa shape index (κ3) is 4.11. The number of ketones is 1. The van der Waals surface area contributed by atoms with E-state index in [1.807, 2.05) is 7.05 Å². The van der Waals surface area contributed by atoms with Crippen LogP contribution in [0.5, 0.6) is 11.5 Å². The molecule has 8 heteroatoms. The summed E-state index contributed by atoms with van der Waals surface area (Å²) >= 11 is 1.29. The van der Waals surface area contributed by atoms with E-state index in [9.17, 15) is 9.18 Å². The molecule has 0 aliphatic rings. The molecular weight excluding hydrogens is 369 g/mol. The lowest BCUT2D eigenvalue weighted by Gasteiger charge is -2.09. The van der Waals surface area contributed by atoms with E-state index in [0.717, 1.165) is 5.56 Å². The van der Waals surface area contributed by atoms with Crippen LogP contribution in [-0.4, -0.2) is 40.5 Å². The SMILES string of the molecule is COc1ccc(C(=O)CSc2nnc(-c3ccc(F)cc3)n2C)cc1OC. The van der Waals surface area contributed by atoms with E-state index >= 15 is 0 Å². The van der Waals surface area contributed by atoms with Crippen LogP contribution in [0.15, 0.2) is 47.6 Å². The summed E-state index contributed by atoms with van der Waals surface area (Å²) in [5, 5.41) is 8.86. The molecular formula is C19H18FN3O3S. The first-order valence-corrected chi connectivity index (χ1v) is 9.05. The van der Waals surface area contributed by atoms with Gasteiger partial charge in [0.05, 0.1) is 20.0 Å². The zero-order valence-corrected chi connectivity index (χ0v) is 15.9. The van der Waals surface area contributed by atoms with Crippen molar-refractivity contribution >= 4 is 17.5 Å². The van der Waals surface area contributed by atoms with Gasteiger partial charge in [-0.2, -0.15) is 0 Å². The molecule has 0 aliphatic heterocycles. The molecule has 140 valence electrons. The summed E-state index contributed by atoms with van der Waals surface area (Å²) < 4.78 is 25.3. The van der Waals surface area contributed by atoms with Gasteiger partial charge in [-0.25, -0.2) is 4.39 Å². The lowest BCUT2D eigenvalue weighted by Crippen LogP contribution is -2.05. The molecule has 0 unspecified atom stereocenters. The van der Waals surface area contributed by atoms with Gasteiger partial charge in [0.25, 0.3) is 0 Å². The zero-order valence-electron chi connectivity index (χ0n) is 15.1. The van der Waals surface area contributed by atoms with Gasteiger partial charge < -0.3 is 14.0 Å². The summed E-state index contributed by atoms with van der Waals surface area (Å²) in [5.41, 5.74) is 1.28. The topological polar surface area (TPSA) is 66.2 Å². The number of Topliss-reactive ketones (excluding diaryl/α,β-unsaturated/α-hetero) is 1. The lowest BCUT2D eigenvalue weighted by molar-refractivity contribution is 0.102. The van der Waals surface area contributed by atoms with Crippen LogP contribution < -0.4 is 9.47 Å². The predicted octanol–water partition coefficient (Wildman–Crippen LogP) is 3.61. The van der Waals surface area contributed by atoms with E-state index in [-0.39, 0.29) is 17.4 Å². The fourth-order valence-corrected chi connectivity index (χ4v) is 3.32. The summed E-state index contributed by atoms with van der Waals surface area (Å²) in [6.07, 6.45) is 0. The molecule has 1 aromatic heterocycles. The number of aromatic nitrogens is 3. The Morgan fingerprint density at radius 3 is 2.44 bits per heavy atom. The highest BCUT2D eigenvalue weighted by Gasteiger charge is 2.15. The maximum Gasteiger partial charge on any atom is 0.191 e. The Bertz CT molecular complexity index is 957. The number of methoxy groups -OCH3 is 2. The molecule has 0 aliphatic carbocycles. The van der Waals surface area contributed by atoms with Gasteiger partial charge in [-0.1, -0.05) is 11.8 Å². The monoisotopic (exact) mass is 387 g/mol. The number of nitrogens with zero attached hydrogens (tertiary/aromatic N) is 3. The second-order valence-electron chi connectivity index (χ2n) is 5.65. The number of hydrogen-bond acceptors (Lipinski definition) is 6. The standard InChI is InChI=1S/C19H18FN3O3S/c1-23-18(12-4-7-14(20)8-5-12)21-22-19(23)27-11-15(24)13-6-9-16(25-2)17(10-13)26-3/h4-10H,11H2,1-3H3. The molecule has 0 bridgehead atoms. The van der Waals surface area contributed by atoms with Crippen LogP contribution in [-0.2, 0) is 7.05 Å². The van der Waals surface area contributed by atoms with Gasteiger partial charge in [-0.05, 0) is 42.5 Å². The highest BCUT2D eigenvalue weighted by molar-refractivity contribution is 7.99. The summed E-state index contributed by atoms with van der Waals surface area (Å²) in [6.45, 7) is 0. The van der Waals surface area contributed by atoms with Crippen molar-refractivity contribution < 1.29 is 18.7 Å². The summed E-state index contributed by atoms with van der Waals surface area (Å²) in [7, 11) is 4.88. The van der Waals surface area contributed by atoms with Crippen molar-refractivity contribution in [2.75, 3.05) is 20.0 Å². The van der Waals surface area contributed by atoms with Crippen molar-refractivity contribution in [2.24, 2.45) is 7.05 Å². The number of carbonyl (C=O) groups is 1.